The molecule has 0 radical (unpaired) electrons. The second-order valence-electron chi connectivity index (χ2n) is 12.1. The fourth-order valence-electron chi connectivity index (χ4n) is 4.59. The summed E-state index contributed by atoms with van der Waals surface area (Å²) in [6.45, 7) is 30.1. The van der Waals surface area contributed by atoms with Gasteiger partial charge in [-0.3, -0.25) is 0 Å². The van der Waals surface area contributed by atoms with Crippen molar-refractivity contribution in [2.45, 2.75) is 97.9 Å². The van der Waals surface area contributed by atoms with Crippen LogP contribution in [-0.4, -0.2) is 24.7 Å². The topological polar surface area (TPSA) is 9.23 Å². The van der Waals surface area contributed by atoms with E-state index in [-0.39, 0.29) is 14.9 Å². The van der Waals surface area contributed by atoms with Crippen LogP contribution in [-0.2, 0) is 4.74 Å². The van der Waals surface area contributed by atoms with Crippen molar-refractivity contribution in [3.8, 4) is 0 Å². The molecule has 2 aliphatic rings. The Balaban J connectivity index is 0. The van der Waals surface area contributed by atoms with Gasteiger partial charge in [-0.25, -0.2) is 0 Å². The minimum absolute atomic E-state index is 0. The summed E-state index contributed by atoms with van der Waals surface area (Å²) in [5.74, 6) is 2.69. The third-order valence-corrected chi connectivity index (χ3v) is 8.53. The summed E-state index contributed by atoms with van der Waals surface area (Å²) in [5.41, 5.74) is 2.55. The molecular weight excluding hydrogens is 336 g/mol. The number of hydrogen-bond donors (Lipinski definition) is 0. The summed E-state index contributed by atoms with van der Waals surface area (Å²) in [7, 11) is 0. The highest BCUT2D eigenvalue weighted by Gasteiger charge is 2.56. The molecule has 1 nitrogen and oxygen atoms in total. The summed E-state index contributed by atoms with van der Waals surface area (Å²) < 4.78 is 5.39. The maximum atomic E-state index is 5.39. The van der Waals surface area contributed by atoms with Crippen LogP contribution in [0.25, 0.3) is 0 Å². The summed E-state index contributed by atoms with van der Waals surface area (Å²) in [6.07, 6.45) is 0. The SMILES string of the molecule is C.C.CC(C)(C)C1(C(C)(C)C)COC1.CC(C)(C)C1(C(C)(C)C)CSC1. The molecule has 0 atom stereocenters. The van der Waals surface area contributed by atoms with Crippen LogP contribution < -0.4 is 0 Å². The van der Waals surface area contributed by atoms with Crippen molar-refractivity contribution in [1.29, 1.82) is 0 Å². The van der Waals surface area contributed by atoms with Gasteiger partial charge in [0.25, 0.3) is 0 Å². The van der Waals surface area contributed by atoms with E-state index in [1.165, 1.54) is 11.5 Å². The molecule has 0 N–H and O–H groups in total. The number of hydrogen-bond acceptors (Lipinski definition) is 2. The van der Waals surface area contributed by atoms with Crippen molar-refractivity contribution >= 4 is 11.8 Å². The van der Waals surface area contributed by atoms with E-state index in [0.717, 1.165) is 13.2 Å². The fraction of sp³-hybridized carbons (Fsp3) is 1.00. The first-order valence-electron chi connectivity index (χ1n) is 9.57. The van der Waals surface area contributed by atoms with Crippen molar-refractivity contribution in [1.82, 2.24) is 0 Å². The lowest BCUT2D eigenvalue weighted by Gasteiger charge is -2.59. The van der Waals surface area contributed by atoms with Crippen LogP contribution in [0.3, 0.4) is 0 Å². The molecule has 0 aromatic carbocycles. The highest BCUT2D eigenvalue weighted by Crippen LogP contribution is 2.60. The third kappa shape index (κ3) is 4.83. The molecule has 2 fully saturated rings. The minimum atomic E-state index is 0. The van der Waals surface area contributed by atoms with E-state index in [1.807, 2.05) is 0 Å². The largest absolute Gasteiger partial charge is 0.380 e. The normalized spacial score (nSPS) is 21.7. The minimum Gasteiger partial charge on any atom is -0.380 e. The average Bonchev–Trinajstić information content (AvgIpc) is 2.00. The van der Waals surface area contributed by atoms with Crippen LogP contribution in [0, 0.1) is 32.5 Å². The van der Waals surface area contributed by atoms with Gasteiger partial charge in [0.05, 0.1) is 13.2 Å². The second kappa shape index (κ2) is 8.36. The van der Waals surface area contributed by atoms with Crippen LogP contribution in [0.15, 0.2) is 0 Å². The van der Waals surface area contributed by atoms with Crippen LogP contribution in [0.2, 0.25) is 0 Å². The number of rotatable bonds is 0. The van der Waals surface area contributed by atoms with Crippen molar-refractivity contribution in [3.63, 3.8) is 0 Å². The zero-order valence-electron chi connectivity index (χ0n) is 18.6. The van der Waals surface area contributed by atoms with Gasteiger partial charge >= 0.3 is 0 Å². The van der Waals surface area contributed by atoms with Gasteiger partial charge in [-0.05, 0) is 27.1 Å². The molecule has 0 saturated carbocycles. The van der Waals surface area contributed by atoms with Gasteiger partial charge in [-0.1, -0.05) is 97.9 Å². The third-order valence-electron chi connectivity index (χ3n) is 7.14. The van der Waals surface area contributed by atoms with Crippen LogP contribution in [0.4, 0.5) is 0 Å². The summed E-state index contributed by atoms with van der Waals surface area (Å²) in [4.78, 5) is 0. The molecule has 26 heavy (non-hydrogen) atoms. The zero-order chi connectivity index (χ0) is 19.2. The Bertz CT molecular complexity index is 341. The highest BCUT2D eigenvalue weighted by molar-refractivity contribution is 8.00. The van der Waals surface area contributed by atoms with E-state index < -0.39 is 0 Å². The Kier molecular flexibility index (Phi) is 9.17. The van der Waals surface area contributed by atoms with Crippen LogP contribution in [0.1, 0.15) is 97.9 Å². The Hall–Kier alpha value is 0.310. The van der Waals surface area contributed by atoms with Gasteiger partial charge in [0.1, 0.15) is 0 Å². The van der Waals surface area contributed by atoms with Gasteiger partial charge in [-0.2, -0.15) is 11.8 Å². The Morgan fingerprint density at radius 1 is 0.538 bits per heavy atom. The molecular formula is C24H52OS. The molecule has 2 rings (SSSR count). The van der Waals surface area contributed by atoms with Gasteiger partial charge < -0.3 is 4.74 Å². The molecule has 0 aromatic rings. The van der Waals surface area contributed by atoms with E-state index in [4.69, 9.17) is 4.74 Å². The fourth-order valence-corrected chi connectivity index (χ4v) is 6.94. The quantitative estimate of drug-likeness (QED) is 0.413. The van der Waals surface area contributed by atoms with Crippen molar-refractivity contribution < 1.29 is 4.74 Å². The molecule has 2 heterocycles. The lowest BCUT2D eigenvalue weighted by Crippen LogP contribution is -2.59. The summed E-state index contributed by atoms with van der Waals surface area (Å²) >= 11 is 2.10. The maximum absolute atomic E-state index is 5.39. The lowest BCUT2D eigenvalue weighted by molar-refractivity contribution is -0.224. The number of ether oxygens (including phenoxy) is 1. The van der Waals surface area contributed by atoms with Crippen LogP contribution >= 0.6 is 11.8 Å². The number of thioether (sulfide) groups is 1. The van der Waals surface area contributed by atoms with Crippen LogP contribution in [0.5, 0.6) is 0 Å². The van der Waals surface area contributed by atoms with E-state index in [0.29, 0.717) is 32.5 Å². The molecule has 0 unspecified atom stereocenters. The Labute approximate surface area is 171 Å². The average molecular weight is 389 g/mol. The molecule has 160 valence electrons. The first-order valence-corrected chi connectivity index (χ1v) is 10.7. The van der Waals surface area contributed by atoms with Crippen molar-refractivity contribution in [2.24, 2.45) is 32.5 Å². The Morgan fingerprint density at radius 2 is 0.808 bits per heavy atom. The van der Waals surface area contributed by atoms with E-state index >= 15 is 0 Å². The summed E-state index contributed by atoms with van der Waals surface area (Å²) in [5, 5.41) is 0. The molecule has 0 spiro atoms. The molecule has 0 bridgehead atoms. The van der Waals surface area contributed by atoms with Crippen molar-refractivity contribution in [2.75, 3.05) is 24.7 Å². The van der Waals surface area contributed by atoms with E-state index in [2.05, 4.69) is 94.8 Å². The predicted octanol–water partition coefficient (Wildman–Crippen LogP) is 8.18. The standard InChI is InChI=1S/C11H22O.C11H22S.2CH4/c2*1-9(2,3)11(7-12-8-11)10(4,5)6;;/h2*7-8H2,1-6H3;2*1H4. The van der Waals surface area contributed by atoms with E-state index in [1.54, 1.807) is 0 Å². The summed E-state index contributed by atoms with van der Waals surface area (Å²) in [6, 6.07) is 0. The van der Waals surface area contributed by atoms with Gasteiger partial charge in [0.2, 0.25) is 0 Å². The second-order valence-corrected chi connectivity index (χ2v) is 13.1. The molecule has 0 amide bonds. The molecule has 2 saturated heterocycles. The van der Waals surface area contributed by atoms with Crippen molar-refractivity contribution in [3.05, 3.63) is 0 Å². The van der Waals surface area contributed by atoms with Gasteiger partial charge in [0, 0.05) is 16.9 Å². The van der Waals surface area contributed by atoms with Gasteiger partial charge in [-0.15, -0.1) is 0 Å². The molecule has 2 heteroatoms. The molecule has 2 aliphatic heterocycles. The first-order chi connectivity index (χ1) is 10.4. The monoisotopic (exact) mass is 388 g/mol. The van der Waals surface area contributed by atoms with E-state index in [9.17, 15) is 0 Å². The lowest BCUT2D eigenvalue weighted by atomic mass is 9.53. The molecule has 0 aliphatic carbocycles. The zero-order valence-corrected chi connectivity index (χ0v) is 19.5. The highest BCUT2D eigenvalue weighted by atomic mass is 32.2. The van der Waals surface area contributed by atoms with Gasteiger partial charge in [0.15, 0.2) is 0 Å². The molecule has 0 aromatic heterocycles. The smallest absolute Gasteiger partial charge is 0.0554 e. The predicted molar refractivity (Wildman–Crippen MR) is 124 cm³/mol. The first kappa shape index (κ1) is 28.5. The Morgan fingerprint density at radius 3 is 0.808 bits per heavy atom. The maximum Gasteiger partial charge on any atom is 0.0554 e.